The molecule has 0 saturated heterocycles. The summed E-state index contributed by atoms with van der Waals surface area (Å²) >= 11 is 7.75. The van der Waals surface area contributed by atoms with Gasteiger partial charge in [-0.3, -0.25) is 0 Å². The lowest BCUT2D eigenvalue weighted by molar-refractivity contribution is 1.06. The largest absolute Gasteiger partial charge is 0.326 e. The molecule has 0 amide bonds. The average Bonchev–Trinajstić information content (AvgIpc) is 2.37. The summed E-state index contributed by atoms with van der Waals surface area (Å²) in [5, 5.41) is 0.791. The van der Waals surface area contributed by atoms with E-state index in [1.165, 1.54) is 16.0 Å². The molecule has 3 heteroatoms. The maximum absolute atomic E-state index is 5.95. The number of halogens is 1. The Kier molecular flexibility index (Phi) is 4.49. The van der Waals surface area contributed by atoms with Crippen LogP contribution < -0.4 is 5.73 Å². The SMILES string of the molecule is NCc1cccc(SCc2cccc(Cl)c2)c1. The van der Waals surface area contributed by atoms with Gasteiger partial charge in [-0.2, -0.15) is 0 Å². The van der Waals surface area contributed by atoms with E-state index in [2.05, 4.69) is 18.2 Å². The van der Waals surface area contributed by atoms with Gasteiger partial charge in [-0.05, 0) is 35.4 Å². The molecule has 0 aliphatic carbocycles. The van der Waals surface area contributed by atoms with Gasteiger partial charge in [0.05, 0.1) is 0 Å². The molecule has 88 valence electrons. The third-order valence-corrected chi connectivity index (χ3v) is 3.73. The smallest absolute Gasteiger partial charge is 0.0409 e. The average molecular weight is 264 g/mol. The molecule has 0 unspecified atom stereocenters. The number of nitrogens with two attached hydrogens (primary N) is 1. The molecule has 2 aromatic rings. The monoisotopic (exact) mass is 263 g/mol. The number of benzene rings is 2. The topological polar surface area (TPSA) is 26.0 Å². The number of rotatable bonds is 4. The van der Waals surface area contributed by atoms with Gasteiger partial charge in [-0.1, -0.05) is 35.9 Å². The maximum Gasteiger partial charge on any atom is 0.0409 e. The zero-order chi connectivity index (χ0) is 12.1. The predicted octanol–water partition coefficient (Wildman–Crippen LogP) is 4.09. The van der Waals surface area contributed by atoms with Gasteiger partial charge in [-0.15, -0.1) is 11.8 Å². The van der Waals surface area contributed by atoms with Crippen molar-refractivity contribution in [2.75, 3.05) is 0 Å². The molecule has 1 nitrogen and oxygen atoms in total. The minimum absolute atomic E-state index is 0.589. The fourth-order valence-corrected chi connectivity index (χ4v) is 2.69. The second-order valence-electron chi connectivity index (χ2n) is 3.77. The van der Waals surface area contributed by atoms with Crippen LogP contribution >= 0.6 is 23.4 Å². The summed E-state index contributed by atoms with van der Waals surface area (Å²) in [7, 11) is 0. The minimum atomic E-state index is 0.589. The molecule has 17 heavy (non-hydrogen) atoms. The molecule has 0 fully saturated rings. The number of thioether (sulfide) groups is 1. The van der Waals surface area contributed by atoms with Crippen LogP contribution in [0, 0.1) is 0 Å². The molecular weight excluding hydrogens is 250 g/mol. The van der Waals surface area contributed by atoms with Crippen molar-refractivity contribution < 1.29 is 0 Å². The number of hydrogen-bond acceptors (Lipinski definition) is 2. The highest BCUT2D eigenvalue weighted by molar-refractivity contribution is 7.98. The summed E-state index contributed by atoms with van der Waals surface area (Å²) in [5.74, 6) is 0.925. The van der Waals surface area contributed by atoms with E-state index in [9.17, 15) is 0 Å². The Morgan fingerprint density at radius 3 is 2.53 bits per heavy atom. The van der Waals surface area contributed by atoms with Gasteiger partial charge in [0.1, 0.15) is 0 Å². The Balaban J connectivity index is 2.02. The molecule has 0 atom stereocenters. The first-order valence-electron chi connectivity index (χ1n) is 5.44. The molecule has 0 aromatic heterocycles. The fraction of sp³-hybridized carbons (Fsp3) is 0.143. The molecule has 0 radical (unpaired) electrons. The van der Waals surface area contributed by atoms with Gasteiger partial charge in [0.15, 0.2) is 0 Å². The van der Waals surface area contributed by atoms with Gasteiger partial charge < -0.3 is 5.73 Å². The first-order chi connectivity index (χ1) is 8.28. The van der Waals surface area contributed by atoms with Gasteiger partial charge in [0, 0.05) is 22.2 Å². The molecular formula is C14H14ClNS. The maximum atomic E-state index is 5.95. The van der Waals surface area contributed by atoms with Gasteiger partial charge >= 0.3 is 0 Å². The van der Waals surface area contributed by atoms with E-state index in [1.807, 2.05) is 30.3 Å². The summed E-state index contributed by atoms with van der Waals surface area (Å²) in [5.41, 5.74) is 8.02. The van der Waals surface area contributed by atoms with Crippen LogP contribution in [0.2, 0.25) is 5.02 Å². The van der Waals surface area contributed by atoms with Crippen molar-refractivity contribution in [3.05, 3.63) is 64.7 Å². The van der Waals surface area contributed by atoms with Crippen molar-refractivity contribution in [2.45, 2.75) is 17.2 Å². The second-order valence-corrected chi connectivity index (χ2v) is 5.26. The van der Waals surface area contributed by atoms with E-state index < -0.39 is 0 Å². The van der Waals surface area contributed by atoms with Gasteiger partial charge in [0.25, 0.3) is 0 Å². The van der Waals surface area contributed by atoms with E-state index in [4.69, 9.17) is 17.3 Å². The van der Waals surface area contributed by atoms with Crippen LogP contribution in [0.5, 0.6) is 0 Å². The van der Waals surface area contributed by atoms with Crippen LogP contribution in [0.25, 0.3) is 0 Å². The zero-order valence-corrected chi connectivity index (χ0v) is 11.0. The Bertz CT molecular complexity index is 499. The fourth-order valence-electron chi connectivity index (χ4n) is 1.56. The van der Waals surface area contributed by atoms with Crippen molar-refractivity contribution in [1.82, 2.24) is 0 Å². The molecule has 2 aromatic carbocycles. The van der Waals surface area contributed by atoms with Crippen molar-refractivity contribution in [2.24, 2.45) is 5.73 Å². The van der Waals surface area contributed by atoms with Crippen molar-refractivity contribution in [1.29, 1.82) is 0 Å². The van der Waals surface area contributed by atoms with E-state index >= 15 is 0 Å². The van der Waals surface area contributed by atoms with Gasteiger partial charge in [-0.25, -0.2) is 0 Å². The van der Waals surface area contributed by atoms with Crippen LogP contribution in [0.15, 0.2) is 53.4 Å². The molecule has 0 aliphatic heterocycles. The molecule has 0 bridgehead atoms. The van der Waals surface area contributed by atoms with Crippen LogP contribution in [-0.2, 0) is 12.3 Å². The third kappa shape index (κ3) is 3.77. The summed E-state index contributed by atoms with van der Waals surface area (Å²) in [4.78, 5) is 1.24. The Hall–Kier alpha value is -0.960. The molecule has 0 heterocycles. The van der Waals surface area contributed by atoms with Crippen LogP contribution in [-0.4, -0.2) is 0 Å². The van der Waals surface area contributed by atoms with E-state index in [-0.39, 0.29) is 0 Å². The predicted molar refractivity (Wildman–Crippen MR) is 75.3 cm³/mol. The highest BCUT2D eigenvalue weighted by Gasteiger charge is 1.98. The highest BCUT2D eigenvalue weighted by Crippen LogP contribution is 2.24. The van der Waals surface area contributed by atoms with Crippen LogP contribution in [0.3, 0.4) is 0 Å². The molecule has 0 spiro atoms. The van der Waals surface area contributed by atoms with Crippen molar-refractivity contribution in [3.8, 4) is 0 Å². The van der Waals surface area contributed by atoms with Gasteiger partial charge in [0.2, 0.25) is 0 Å². The zero-order valence-electron chi connectivity index (χ0n) is 9.40. The Morgan fingerprint density at radius 1 is 1.00 bits per heavy atom. The lowest BCUT2D eigenvalue weighted by Gasteiger charge is -2.04. The van der Waals surface area contributed by atoms with E-state index in [0.29, 0.717) is 6.54 Å². The Labute approximate surface area is 111 Å². The van der Waals surface area contributed by atoms with E-state index in [0.717, 1.165) is 10.8 Å². The number of hydrogen-bond donors (Lipinski definition) is 1. The van der Waals surface area contributed by atoms with Crippen LogP contribution in [0.1, 0.15) is 11.1 Å². The van der Waals surface area contributed by atoms with E-state index in [1.54, 1.807) is 11.8 Å². The molecule has 2 N–H and O–H groups in total. The van der Waals surface area contributed by atoms with Crippen molar-refractivity contribution >= 4 is 23.4 Å². The summed E-state index contributed by atoms with van der Waals surface area (Å²) < 4.78 is 0. The molecule has 2 rings (SSSR count). The van der Waals surface area contributed by atoms with Crippen molar-refractivity contribution in [3.63, 3.8) is 0 Å². The first-order valence-corrected chi connectivity index (χ1v) is 6.80. The molecule has 0 saturated carbocycles. The Morgan fingerprint density at radius 2 is 1.76 bits per heavy atom. The first kappa shape index (κ1) is 12.5. The summed E-state index contributed by atoms with van der Waals surface area (Å²) in [6.07, 6.45) is 0. The minimum Gasteiger partial charge on any atom is -0.326 e. The summed E-state index contributed by atoms with van der Waals surface area (Å²) in [6, 6.07) is 16.3. The molecule has 0 aliphatic rings. The normalized spacial score (nSPS) is 10.5. The lowest BCUT2D eigenvalue weighted by atomic mass is 10.2. The van der Waals surface area contributed by atoms with Crippen LogP contribution in [0.4, 0.5) is 0 Å². The highest BCUT2D eigenvalue weighted by atomic mass is 35.5. The standard InChI is InChI=1S/C14H14ClNS/c15-13-5-1-4-12(7-13)10-17-14-6-2-3-11(8-14)9-16/h1-8H,9-10,16H2. The summed E-state index contributed by atoms with van der Waals surface area (Å²) in [6.45, 7) is 0.589. The lowest BCUT2D eigenvalue weighted by Crippen LogP contribution is -1.95. The third-order valence-electron chi connectivity index (χ3n) is 2.43. The second kappa shape index (κ2) is 6.10. The quantitative estimate of drug-likeness (QED) is 0.841.